The van der Waals surface area contributed by atoms with Crippen LogP contribution in [0.15, 0.2) is 17.1 Å². The summed E-state index contributed by atoms with van der Waals surface area (Å²) in [7, 11) is 3.25. The molecule has 2 rings (SSSR count). The molecule has 0 unspecified atom stereocenters. The molecule has 0 spiro atoms. The van der Waals surface area contributed by atoms with Gasteiger partial charge in [-0.25, -0.2) is 4.79 Å². The van der Waals surface area contributed by atoms with E-state index in [1.807, 2.05) is 6.07 Å². The highest BCUT2D eigenvalue weighted by molar-refractivity contribution is 5.55. The summed E-state index contributed by atoms with van der Waals surface area (Å²) in [6, 6.07) is 4.10. The summed E-state index contributed by atoms with van der Waals surface area (Å²) in [5, 5.41) is 0. The maximum Gasteiger partial charge on any atom is 0.235 e. The van der Waals surface area contributed by atoms with Crippen LogP contribution in [0.25, 0.3) is 0 Å². The number of aliphatic imine (C=N–C) groups is 1. The van der Waals surface area contributed by atoms with E-state index in [1.54, 1.807) is 20.3 Å². The fraction of sp³-hybridized carbons (Fsp3) is 0.588. The summed E-state index contributed by atoms with van der Waals surface area (Å²) in [5.74, 6) is 1.36. The molecule has 0 amide bonds. The number of hydrogen-bond acceptors (Lipinski definition) is 4. The molecule has 0 aromatic heterocycles. The number of hydrogen-bond donors (Lipinski definition) is 0. The van der Waals surface area contributed by atoms with Gasteiger partial charge in [0.25, 0.3) is 0 Å². The minimum absolute atomic E-state index is 0.0237. The topological polar surface area (TPSA) is 47.9 Å². The standard InChI is InChI=1S/C17H23NO3/c1-16(2,3)12-9-13(15(21-5)14(10-12)20-4)17(18-11-19)7-6-8-17/h9-10H,6-8H2,1-5H3. The van der Waals surface area contributed by atoms with E-state index in [4.69, 9.17) is 9.47 Å². The maximum atomic E-state index is 10.9. The van der Waals surface area contributed by atoms with Crippen molar-refractivity contribution in [1.82, 2.24) is 0 Å². The van der Waals surface area contributed by atoms with E-state index in [9.17, 15) is 4.79 Å². The van der Waals surface area contributed by atoms with Gasteiger partial charge in [-0.1, -0.05) is 20.8 Å². The predicted octanol–water partition coefficient (Wildman–Crippen LogP) is 3.72. The first-order valence-corrected chi connectivity index (χ1v) is 7.24. The number of nitrogens with zero attached hydrogens (tertiary/aromatic N) is 1. The molecule has 0 aliphatic heterocycles. The van der Waals surface area contributed by atoms with Crippen LogP contribution in [0.5, 0.6) is 11.5 Å². The summed E-state index contributed by atoms with van der Waals surface area (Å²) in [6.07, 6.45) is 4.47. The molecule has 1 saturated carbocycles. The molecule has 1 aromatic rings. The normalized spacial score (nSPS) is 16.6. The second-order valence-corrected chi connectivity index (χ2v) is 6.60. The number of benzene rings is 1. The molecule has 4 heteroatoms. The number of methoxy groups -OCH3 is 2. The van der Waals surface area contributed by atoms with Crippen LogP contribution in [0.1, 0.15) is 51.2 Å². The van der Waals surface area contributed by atoms with Crippen LogP contribution >= 0.6 is 0 Å². The maximum absolute atomic E-state index is 10.9. The third-order valence-corrected chi connectivity index (χ3v) is 4.29. The van der Waals surface area contributed by atoms with Crippen molar-refractivity contribution in [2.45, 2.75) is 51.0 Å². The Kier molecular flexibility index (Phi) is 4.11. The first-order valence-electron chi connectivity index (χ1n) is 7.24. The van der Waals surface area contributed by atoms with E-state index >= 15 is 0 Å². The van der Waals surface area contributed by atoms with E-state index in [1.165, 1.54) is 0 Å². The first-order chi connectivity index (χ1) is 9.88. The van der Waals surface area contributed by atoms with Gasteiger partial charge in [0, 0.05) is 5.56 Å². The fourth-order valence-electron chi connectivity index (χ4n) is 2.78. The lowest BCUT2D eigenvalue weighted by molar-refractivity contribution is 0.242. The van der Waals surface area contributed by atoms with Crippen LogP contribution in [0, 0.1) is 0 Å². The summed E-state index contributed by atoms with van der Waals surface area (Å²) in [4.78, 5) is 15.0. The number of isocyanates is 1. The average molecular weight is 289 g/mol. The van der Waals surface area contributed by atoms with Gasteiger partial charge in [0.2, 0.25) is 6.08 Å². The molecule has 0 bridgehead atoms. The van der Waals surface area contributed by atoms with Crippen molar-refractivity contribution < 1.29 is 14.3 Å². The molecule has 1 fully saturated rings. The highest BCUT2D eigenvalue weighted by Crippen LogP contribution is 2.51. The summed E-state index contributed by atoms with van der Waals surface area (Å²) in [5.41, 5.74) is 1.55. The van der Waals surface area contributed by atoms with Crippen molar-refractivity contribution in [3.8, 4) is 11.5 Å². The van der Waals surface area contributed by atoms with Crippen molar-refractivity contribution in [1.29, 1.82) is 0 Å². The molecular formula is C17H23NO3. The Bertz CT molecular complexity index is 576. The Morgan fingerprint density at radius 1 is 1.19 bits per heavy atom. The third-order valence-electron chi connectivity index (χ3n) is 4.29. The van der Waals surface area contributed by atoms with Gasteiger partial charge in [-0.15, -0.1) is 0 Å². The highest BCUT2D eigenvalue weighted by Gasteiger charge is 2.42. The van der Waals surface area contributed by atoms with Crippen LogP contribution in [-0.2, 0) is 15.7 Å². The highest BCUT2D eigenvalue weighted by atomic mass is 16.5. The molecule has 0 atom stereocenters. The molecule has 1 aliphatic carbocycles. The van der Waals surface area contributed by atoms with Gasteiger partial charge in [-0.3, -0.25) is 0 Å². The average Bonchev–Trinajstić information content (AvgIpc) is 2.40. The molecule has 114 valence electrons. The summed E-state index contributed by atoms with van der Waals surface area (Å²) >= 11 is 0. The zero-order valence-electron chi connectivity index (χ0n) is 13.4. The van der Waals surface area contributed by atoms with Crippen LogP contribution in [0.3, 0.4) is 0 Å². The predicted molar refractivity (Wildman–Crippen MR) is 81.9 cm³/mol. The Morgan fingerprint density at radius 2 is 1.86 bits per heavy atom. The van der Waals surface area contributed by atoms with Crippen LogP contribution in [-0.4, -0.2) is 20.3 Å². The first kappa shape index (κ1) is 15.6. The number of rotatable bonds is 4. The zero-order chi connectivity index (χ0) is 15.7. The monoisotopic (exact) mass is 289 g/mol. The van der Waals surface area contributed by atoms with Gasteiger partial charge in [0.15, 0.2) is 11.5 Å². The Balaban J connectivity index is 2.70. The largest absolute Gasteiger partial charge is 0.493 e. The Labute approximate surface area is 126 Å². The molecule has 1 aromatic carbocycles. The minimum atomic E-state index is -0.498. The van der Waals surface area contributed by atoms with Crippen LogP contribution < -0.4 is 9.47 Å². The van der Waals surface area contributed by atoms with Crippen molar-refractivity contribution in [3.63, 3.8) is 0 Å². The summed E-state index contributed by atoms with van der Waals surface area (Å²) in [6.45, 7) is 6.44. The summed E-state index contributed by atoms with van der Waals surface area (Å²) < 4.78 is 11.0. The lowest BCUT2D eigenvalue weighted by atomic mass is 9.70. The van der Waals surface area contributed by atoms with E-state index in [0.29, 0.717) is 11.5 Å². The smallest absolute Gasteiger partial charge is 0.235 e. The van der Waals surface area contributed by atoms with Gasteiger partial charge < -0.3 is 9.47 Å². The molecule has 21 heavy (non-hydrogen) atoms. The molecule has 0 saturated heterocycles. The van der Waals surface area contributed by atoms with E-state index in [-0.39, 0.29) is 5.41 Å². The van der Waals surface area contributed by atoms with Crippen molar-refractivity contribution in [3.05, 3.63) is 23.3 Å². The lowest BCUT2D eigenvalue weighted by Crippen LogP contribution is -2.33. The Morgan fingerprint density at radius 3 is 2.24 bits per heavy atom. The van der Waals surface area contributed by atoms with Gasteiger partial charge >= 0.3 is 0 Å². The van der Waals surface area contributed by atoms with Crippen LogP contribution in [0.2, 0.25) is 0 Å². The van der Waals surface area contributed by atoms with Gasteiger partial charge in [-0.05, 0) is 42.4 Å². The quantitative estimate of drug-likeness (QED) is 0.627. The van der Waals surface area contributed by atoms with Gasteiger partial charge in [0.05, 0.1) is 14.2 Å². The van der Waals surface area contributed by atoms with E-state index in [0.717, 1.165) is 30.4 Å². The lowest BCUT2D eigenvalue weighted by Gasteiger charge is -2.39. The molecule has 0 radical (unpaired) electrons. The third kappa shape index (κ3) is 2.68. The molecule has 4 nitrogen and oxygen atoms in total. The van der Waals surface area contributed by atoms with Crippen molar-refractivity contribution >= 4 is 6.08 Å². The second kappa shape index (κ2) is 5.53. The van der Waals surface area contributed by atoms with Crippen molar-refractivity contribution in [2.24, 2.45) is 4.99 Å². The van der Waals surface area contributed by atoms with E-state index < -0.39 is 5.54 Å². The van der Waals surface area contributed by atoms with E-state index in [2.05, 4.69) is 31.8 Å². The molecule has 0 N–H and O–H groups in total. The fourth-order valence-corrected chi connectivity index (χ4v) is 2.78. The van der Waals surface area contributed by atoms with Crippen molar-refractivity contribution in [2.75, 3.05) is 14.2 Å². The molecular weight excluding hydrogens is 266 g/mol. The van der Waals surface area contributed by atoms with Crippen LogP contribution in [0.4, 0.5) is 0 Å². The minimum Gasteiger partial charge on any atom is -0.493 e. The van der Waals surface area contributed by atoms with Gasteiger partial charge in [0.1, 0.15) is 5.54 Å². The zero-order valence-corrected chi connectivity index (χ0v) is 13.4. The Hall–Kier alpha value is -1.80. The second-order valence-electron chi connectivity index (χ2n) is 6.60. The SMILES string of the molecule is COc1cc(C(C)(C)C)cc(C2(N=C=O)CCC2)c1OC. The number of carbonyl (C=O) groups excluding carboxylic acids is 1. The molecule has 0 heterocycles. The molecule has 1 aliphatic rings. The van der Waals surface area contributed by atoms with Gasteiger partial charge in [-0.2, -0.15) is 4.99 Å². The number of ether oxygens (including phenoxy) is 2.